The van der Waals surface area contributed by atoms with E-state index in [9.17, 15) is 4.79 Å². The molecule has 0 aliphatic heterocycles. The molecule has 1 aromatic rings. The highest BCUT2D eigenvalue weighted by molar-refractivity contribution is 14.0. The second-order valence-corrected chi connectivity index (χ2v) is 7.10. The number of guanidine groups is 1. The molecule has 24 heavy (non-hydrogen) atoms. The second-order valence-electron chi connectivity index (χ2n) is 5.58. The van der Waals surface area contributed by atoms with Gasteiger partial charge < -0.3 is 16.0 Å². The van der Waals surface area contributed by atoms with Gasteiger partial charge >= 0.3 is 0 Å². The number of hydrogen-bond donors (Lipinski definition) is 3. The molecule has 1 aromatic heterocycles. The van der Waals surface area contributed by atoms with Gasteiger partial charge in [-0.25, -0.2) is 0 Å². The molecule has 0 saturated heterocycles. The van der Waals surface area contributed by atoms with Gasteiger partial charge in [-0.1, -0.05) is 0 Å². The molecule has 0 aliphatic rings. The molecule has 0 aromatic carbocycles. The highest BCUT2D eigenvalue weighted by atomic mass is 127. The van der Waals surface area contributed by atoms with Gasteiger partial charge in [-0.3, -0.25) is 14.8 Å². The van der Waals surface area contributed by atoms with Crippen LogP contribution in [0, 0.1) is 0 Å². The van der Waals surface area contributed by atoms with Crippen LogP contribution in [0.2, 0.25) is 0 Å². The molecule has 1 heterocycles. The summed E-state index contributed by atoms with van der Waals surface area (Å²) in [7, 11) is 0. The van der Waals surface area contributed by atoms with Crippen molar-refractivity contribution in [1.82, 2.24) is 20.9 Å². The van der Waals surface area contributed by atoms with Gasteiger partial charge in [0, 0.05) is 36.8 Å². The maximum atomic E-state index is 11.9. The molecule has 0 bridgehead atoms. The smallest absolute Gasteiger partial charge is 0.252 e. The molecule has 0 aliphatic carbocycles. The van der Waals surface area contributed by atoms with Crippen molar-refractivity contribution < 1.29 is 4.79 Å². The molecular formula is C16H28IN5OS. The number of nitrogens with one attached hydrogen (secondary N) is 3. The van der Waals surface area contributed by atoms with E-state index in [0.717, 1.165) is 19.0 Å². The van der Waals surface area contributed by atoms with Gasteiger partial charge in [-0.2, -0.15) is 11.8 Å². The van der Waals surface area contributed by atoms with Crippen molar-refractivity contribution in [3.63, 3.8) is 0 Å². The minimum absolute atomic E-state index is 0. The standard InChI is InChI=1S/C16H27N5OS.HI/c1-5-18-15(21-12-16(2,3)23-4)20-10-9-19-14(22)13-7-6-8-17-11-13;/h6-8,11H,5,9-10,12H2,1-4H3,(H,19,22)(H2,18,20,21);1H. The van der Waals surface area contributed by atoms with Gasteiger partial charge in [-0.15, -0.1) is 24.0 Å². The lowest BCUT2D eigenvalue weighted by Crippen LogP contribution is -2.42. The van der Waals surface area contributed by atoms with E-state index >= 15 is 0 Å². The van der Waals surface area contributed by atoms with Crippen molar-refractivity contribution in [2.75, 3.05) is 32.4 Å². The molecule has 0 radical (unpaired) electrons. The summed E-state index contributed by atoms with van der Waals surface area (Å²) in [6, 6.07) is 3.49. The number of amides is 1. The van der Waals surface area contributed by atoms with Crippen LogP contribution in [0.15, 0.2) is 29.5 Å². The summed E-state index contributed by atoms with van der Waals surface area (Å²) in [5.41, 5.74) is 0.565. The molecule has 0 atom stereocenters. The van der Waals surface area contributed by atoms with Crippen LogP contribution in [0.25, 0.3) is 0 Å². The van der Waals surface area contributed by atoms with Crippen LogP contribution in [0.5, 0.6) is 0 Å². The molecule has 0 saturated carbocycles. The van der Waals surface area contributed by atoms with Crippen LogP contribution >= 0.6 is 35.7 Å². The van der Waals surface area contributed by atoms with Gasteiger partial charge in [0.05, 0.1) is 12.1 Å². The van der Waals surface area contributed by atoms with E-state index in [-0.39, 0.29) is 34.6 Å². The van der Waals surface area contributed by atoms with E-state index < -0.39 is 0 Å². The maximum Gasteiger partial charge on any atom is 0.252 e. The van der Waals surface area contributed by atoms with E-state index in [0.29, 0.717) is 18.7 Å². The van der Waals surface area contributed by atoms with E-state index in [4.69, 9.17) is 0 Å². The summed E-state index contributed by atoms with van der Waals surface area (Å²) in [5, 5.41) is 9.28. The summed E-state index contributed by atoms with van der Waals surface area (Å²) >= 11 is 1.79. The second kappa shape index (κ2) is 12.3. The van der Waals surface area contributed by atoms with E-state index in [2.05, 4.69) is 46.0 Å². The number of aliphatic imine (C=N–C) groups is 1. The third kappa shape index (κ3) is 9.31. The third-order valence-corrected chi connectivity index (χ3v) is 4.38. The van der Waals surface area contributed by atoms with Crippen molar-refractivity contribution in [2.24, 2.45) is 4.99 Å². The van der Waals surface area contributed by atoms with Crippen LogP contribution in [0.4, 0.5) is 0 Å². The predicted molar refractivity (Wildman–Crippen MR) is 114 cm³/mol. The molecule has 1 amide bonds. The van der Waals surface area contributed by atoms with Crippen molar-refractivity contribution in [3.8, 4) is 0 Å². The first-order valence-electron chi connectivity index (χ1n) is 7.74. The highest BCUT2D eigenvalue weighted by Crippen LogP contribution is 2.20. The molecular weight excluding hydrogens is 437 g/mol. The number of carbonyl (C=O) groups excluding carboxylic acids is 1. The van der Waals surface area contributed by atoms with Gasteiger partial charge in [0.1, 0.15) is 0 Å². The number of nitrogens with zero attached hydrogens (tertiary/aromatic N) is 2. The minimum Gasteiger partial charge on any atom is -0.357 e. The van der Waals surface area contributed by atoms with Crippen molar-refractivity contribution in [1.29, 1.82) is 0 Å². The Balaban J connectivity index is 0.00000529. The molecule has 8 heteroatoms. The fraction of sp³-hybridized carbons (Fsp3) is 0.562. The van der Waals surface area contributed by atoms with Crippen LogP contribution in [0.3, 0.4) is 0 Å². The summed E-state index contributed by atoms with van der Waals surface area (Å²) in [5.74, 6) is 0.649. The number of rotatable bonds is 8. The molecule has 136 valence electrons. The summed E-state index contributed by atoms with van der Waals surface area (Å²) in [4.78, 5) is 20.4. The normalized spacial score (nSPS) is 11.4. The summed E-state index contributed by atoms with van der Waals surface area (Å²) in [6.45, 7) is 9.01. The number of carbonyl (C=O) groups is 1. The van der Waals surface area contributed by atoms with Crippen molar-refractivity contribution in [3.05, 3.63) is 30.1 Å². The molecule has 0 spiro atoms. The Morgan fingerprint density at radius 3 is 2.58 bits per heavy atom. The van der Waals surface area contributed by atoms with Crippen molar-refractivity contribution in [2.45, 2.75) is 25.5 Å². The van der Waals surface area contributed by atoms with Crippen LogP contribution < -0.4 is 16.0 Å². The fourth-order valence-corrected chi connectivity index (χ4v) is 1.83. The zero-order chi connectivity index (χ0) is 17.1. The number of pyridine rings is 1. The van der Waals surface area contributed by atoms with Crippen LogP contribution in [0.1, 0.15) is 31.1 Å². The summed E-state index contributed by atoms with van der Waals surface area (Å²) in [6.07, 6.45) is 5.29. The van der Waals surface area contributed by atoms with Gasteiger partial charge in [0.2, 0.25) is 0 Å². The first-order chi connectivity index (χ1) is 11.0. The minimum atomic E-state index is -0.120. The average Bonchev–Trinajstić information content (AvgIpc) is 2.57. The number of thioether (sulfide) groups is 1. The number of aromatic nitrogens is 1. The predicted octanol–water partition coefficient (Wildman–Crippen LogP) is 2.13. The molecule has 3 N–H and O–H groups in total. The number of halogens is 1. The molecule has 0 fully saturated rings. The lowest BCUT2D eigenvalue weighted by molar-refractivity contribution is 0.0954. The Hall–Kier alpha value is -1.03. The first kappa shape index (κ1) is 23.0. The lowest BCUT2D eigenvalue weighted by atomic mass is 10.2. The van der Waals surface area contributed by atoms with Gasteiger partial charge in [0.25, 0.3) is 5.91 Å². The summed E-state index contributed by atoms with van der Waals surface area (Å²) < 4.78 is 0.108. The molecule has 6 nitrogen and oxygen atoms in total. The van der Waals surface area contributed by atoms with E-state index in [1.54, 1.807) is 36.3 Å². The topological polar surface area (TPSA) is 78.4 Å². The lowest BCUT2D eigenvalue weighted by Gasteiger charge is -2.20. The first-order valence-corrected chi connectivity index (χ1v) is 8.96. The van der Waals surface area contributed by atoms with E-state index in [1.807, 2.05) is 6.92 Å². The zero-order valence-electron chi connectivity index (χ0n) is 14.8. The highest BCUT2D eigenvalue weighted by Gasteiger charge is 2.15. The Kier molecular flexibility index (Phi) is 11.8. The fourth-order valence-electron chi connectivity index (χ4n) is 1.63. The third-order valence-electron chi connectivity index (χ3n) is 3.14. The Morgan fingerprint density at radius 1 is 1.29 bits per heavy atom. The zero-order valence-corrected chi connectivity index (χ0v) is 17.9. The van der Waals surface area contributed by atoms with E-state index in [1.165, 1.54) is 0 Å². The monoisotopic (exact) mass is 465 g/mol. The van der Waals surface area contributed by atoms with Gasteiger partial charge in [0.15, 0.2) is 5.96 Å². The SMILES string of the molecule is CCNC(=NCC(C)(C)SC)NCCNC(=O)c1cccnc1.I. The van der Waals surface area contributed by atoms with Gasteiger partial charge in [-0.05, 0) is 39.2 Å². The Labute approximate surface area is 166 Å². The quantitative estimate of drug-likeness (QED) is 0.237. The Morgan fingerprint density at radius 2 is 2.00 bits per heavy atom. The Bertz CT molecular complexity index is 510. The maximum absolute atomic E-state index is 11.9. The van der Waals surface area contributed by atoms with Crippen LogP contribution in [-0.4, -0.2) is 54.0 Å². The van der Waals surface area contributed by atoms with Crippen molar-refractivity contribution >= 4 is 47.6 Å². The van der Waals surface area contributed by atoms with Crippen LogP contribution in [-0.2, 0) is 0 Å². The number of hydrogen-bond acceptors (Lipinski definition) is 4. The molecule has 0 unspecified atom stereocenters. The average molecular weight is 465 g/mol. The largest absolute Gasteiger partial charge is 0.357 e. The molecule has 1 rings (SSSR count).